The van der Waals surface area contributed by atoms with Crippen molar-refractivity contribution >= 4 is 244 Å². The van der Waals surface area contributed by atoms with Crippen molar-refractivity contribution in [1.29, 1.82) is 0 Å². The summed E-state index contributed by atoms with van der Waals surface area (Å²) in [4.78, 5) is 0. The predicted octanol–water partition coefficient (Wildman–Crippen LogP) is 4.45. The van der Waals surface area contributed by atoms with E-state index in [1.807, 2.05) is 60.5 Å². The Morgan fingerprint density at radius 3 is 0.500 bits per heavy atom. The topological polar surface area (TPSA) is 256 Å². The fourth-order valence-electron chi connectivity index (χ4n) is 4.60. The molecule has 36 heteroatoms. The van der Waals surface area contributed by atoms with E-state index >= 15 is 0 Å². The fraction of sp³-hybridized carbons (Fsp3) is 1.00. The zero-order chi connectivity index (χ0) is 39.3. The molecule has 18 N–H and O–H groups in total. The molecule has 0 aromatic carbocycles. The molecule has 1 saturated heterocycles. The molecule has 1 heterocycles. The van der Waals surface area contributed by atoms with Gasteiger partial charge in [-0.2, -0.15) is 0 Å². The summed E-state index contributed by atoms with van der Waals surface area (Å²) in [6.45, 7) is 15.1. The molecule has 0 atom stereocenters. The van der Waals surface area contributed by atoms with Crippen molar-refractivity contribution in [3.05, 3.63) is 0 Å². The van der Waals surface area contributed by atoms with Gasteiger partial charge in [0.2, 0.25) is 0 Å². The summed E-state index contributed by atoms with van der Waals surface area (Å²) >= 11 is -10.8. The van der Waals surface area contributed by atoms with E-state index in [1.165, 1.54) is 0 Å². The SMILES string of the molecule is Cl.Cl.Cl.Cl.Cl.Cl.Cl.Cl.Cl.Cl.Cl.Cl.NCCCNCC[S][Ge]1([S]CCNCCCN)[O][Ge]([S]CCNCCCN)([S]CCNCCCN)[O][Ge]([S]CCNCCCN)([S]CCNCCCN)[O]1. The van der Waals surface area contributed by atoms with Crippen LogP contribution >= 0.6 is 209 Å². The summed E-state index contributed by atoms with van der Waals surface area (Å²) in [5.74, 6) is 5.60. The molecular formula is C30H90Cl12Ge3N12O3S6. The van der Waals surface area contributed by atoms with Crippen LogP contribution in [0, 0.1) is 0 Å². The van der Waals surface area contributed by atoms with Crippen LogP contribution in [-0.4, -0.2) is 187 Å². The molecule has 0 aliphatic carbocycles. The van der Waals surface area contributed by atoms with Crippen molar-refractivity contribution < 1.29 is 8.37 Å². The number of nitrogens with two attached hydrogens (primary N) is 6. The van der Waals surface area contributed by atoms with E-state index in [1.54, 1.807) is 0 Å². The minimum atomic E-state index is -3.61. The summed E-state index contributed by atoms with van der Waals surface area (Å²) in [6.07, 6.45) is 5.81. The Morgan fingerprint density at radius 2 is 0.379 bits per heavy atom. The Morgan fingerprint density at radius 1 is 0.242 bits per heavy atom. The Kier molecular flexibility index (Phi) is 113. The van der Waals surface area contributed by atoms with E-state index in [4.69, 9.17) is 42.8 Å². The van der Waals surface area contributed by atoms with Gasteiger partial charge in [-0.15, -0.1) is 149 Å². The first-order valence-electron chi connectivity index (χ1n) is 19.9. The van der Waals surface area contributed by atoms with Crippen molar-refractivity contribution in [1.82, 2.24) is 31.9 Å². The van der Waals surface area contributed by atoms with Crippen molar-refractivity contribution in [2.45, 2.75) is 38.5 Å². The third kappa shape index (κ3) is 55.4. The molecule has 0 amide bonds. The molecule has 66 heavy (non-hydrogen) atoms. The Hall–Kier alpha value is 6.61. The number of nitrogens with one attached hydrogen (secondary N) is 6. The summed E-state index contributed by atoms with van der Waals surface area (Å²) < 4.78 is 23.1. The zero-order valence-corrected chi connectivity index (χ0v) is 58.7. The van der Waals surface area contributed by atoms with Gasteiger partial charge in [0.15, 0.2) is 0 Å². The summed E-state index contributed by atoms with van der Waals surface area (Å²) in [6, 6.07) is 0. The van der Waals surface area contributed by atoms with Gasteiger partial charge in [0, 0.05) is 0 Å². The van der Waals surface area contributed by atoms with Crippen molar-refractivity contribution in [3.8, 4) is 0 Å². The third-order valence-electron chi connectivity index (χ3n) is 7.44. The molecule has 0 unspecified atom stereocenters. The second kappa shape index (κ2) is 73.7. The molecule has 15 nitrogen and oxygen atoms in total. The summed E-state index contributed by atoms with van der Waals surface area (Å²) in [5, 5.41) is 21.6. The van der Waals surface area contributed by atoms with Gasteiger partial charge in [-0.3, -0.25) is 0 Å². The van der Waals surface area contributed by atoms with E-state index in [9.17, 15) is 0 Å². The van der Waals surface area contributed by atoms with Gasteiger partial charge in [0.05, 0.1) is 0 Å². The van der Waals surface area contributed by atoms with Gasteiger partial charge >= 0.3 is 361 Å². The minimum absolute atomic E-state index is 0. The van der Waals surface area contributed by atoms with E-state index < -0.39 is 35.0 Å². The molecule has 1 rings (SSSR count). The monoisotopic (exact) mass is 1500 g/mol. The molecule has 1 aliphatic heterocycles. The van der Waals surface area contributed by atoms with Crippen LogP contribution in [0.15, 0.2) is 0 Å². The van der Waals surface area contributed by atoms with E-state index in [0.717, 1.165) is 152 Å². The van der Waals surface area contributed by atoms with Crippen LogP contribution in [0.1, 0.15) is 38.5 Å². The summed E-state index contributed by atoms with van der Waals surface area (Å²) in [7, 11) is 11.9. The van der Waals surface area contributed by atoms with Crippen LogP contribution in [0.3, 0.4) is 0 Å². The Bertz CT molecular complexity index is 728. The van der Waals surface area contributed by atoms with Crippen molar-refractivity contribution in [2.75, 3.05) is 152 Å². The van der Waals surface area contributed by atoms with Gasteiger partial charge in [-0.05, 0) is 0 Å². The average molecular weight is 1500 g/mol. The molecule has 1 aliphatic rings. The molecule has 0 saturated carbocycles. The van der Waals surface area contributed by atoms with Gasteiger partial charge < -0.3 is 0 Å². The molecule has 420 valence electrons. The second-order valence-corrected chi connectivity index (χ2v) is 62.4. The maximum atomic E-state index is 7.70. The van der Waals surface area contributed by atoms with Crippen LogP contribution in [0.5, 0.6) is 0 Å². The van der Waals surface area contributed by atoms with Crippen LogP contribution in [0.25, 0.3) is 0 Å². The van der Waals surface area contributed by atoms with Gasteiger partial charge in [0.1, 0.15) is 0 Å². The standard InChI is InChI=1S/C30H78Ge3N12O3S6.12ClH/c34-7-1-13-40-19-25-49-31(50-26-20-41-14-2-8-35)46-32(51-27-21-42-15-3-9-36,52-28-22-43-16-4-10-37)48-33(47-31,53-29-23-44-17-5-11-38)54-30-24-45-18-6-12-39;;;;;;;;;;;;/h40-45H,1-30,34-39H2;12*1H. The fourth-order valence-corrected chi connectivity index (χ4v) is 138. The number of halogens is 12. The maximum absolute atomic E-state index is 7.70. The molecular weight excluding hydrogens is 1410 g/mol. The van der Waals surface area contributed by atoms with Crippen LogP contribution in [0.4, 0.5) is 0 Å². The average Bonchev–Trinajstić information content (AvgIpc) is 3.17. The number of rotatable bonds is 42. The van der Waals surface area contributed by atoms with Crippen LogP contribution in [0.2, 0.25) is 0 Å². The van der Waals surface area contributed by atoms with E-state index in [2.05, 4.69) is 31.9 Å². The predicted molar refractivity (Wildman–Crippen MR) is 341 cm³/mol. The first-order valence-corrected chi connectivity index (χ1v) is 46.3. The quantitative estimate of drug-likeness (QED) is 0.0298. The first kappa shape index (κ1) is 101. The van der Waals surface area contributed by atoms with Crippen LogP contribution < -0.4 is 66.3 Å². The van der Waals surface area contributed by atoms with E-state index in [0.29, 0.717) is 39.3 Å². The van der Waals surface area contributed by atoms with Crippen molar-refractivity contribution in [2.24, 2.45) is 34.4 Å². The molecule has 0 spiro atoms. The normalized spacial score (nSPS) is 13.4. The van der Waals surface area contributed by atoms with E-state index in [-0.39, 0.29) is 149 Å². The van der Waals surface area contributed by atoms with Gasteiger partial charge in [0.25, 0.3) is 0 Å². The molecule has 0 aromatic rings. The molecule has 0 radical (unpaired) electrons. The van der Waals surface area contributed by atoms with Crippen molar-refractivity contribution in [3.63, 3.8) is 0 Å². The van der Waals surface area contributed by atoms with Gasteiger partial charge in [-0.1, -0.05) is 0 Å². The third-order valence-corrected chi connectivity index (χ3v) is 90.6. The Labute approximate surface area is 503 Å². The van der Waals surface area contributed by atoms with Gasteiger partial charge in [-0.25, -0.2) is 0 Å². The molecule has 1 fully saturated rings. The first-order chi connectivity index (χ1) is 26.5. The molecule has 0 aromatic heterocycles. The Balaban J connectivity index is -0.000000243. The summed E-state index contributed by atoms with van der Waals surface area (Å²) in [5.41, 5.74) is 34.7. The molecule has 0 bridgehead atoms. The van der Waals surface area contributed by atoms with Crippen LogP contribution in [-0.2, 0) is 8.37 Å². The zero-order valence-electron chi connectivity index (χ0n) is 37.8. The number of hydrogen-bond acceptors (Lipinski definition) is 21. The second-order valence-electron chi connectivity index (χ2n) is 12.3. The number of hydrogen-bond donors (Lipinski definition) is 12.